The van der Waals surface area contributed by atoms with Gasteiger partial charge >= 0.3 is 6.03 Å². The Morgan fingerprint density at radius 2 is 1.66 bits per heavy atom. The highest BCUT2D eigenvalue weighted by molar-refractivity contribution is 8.01. The number of carbonyl (C=O) groups is 3. The van der Waals surface area contributed by atoms with E-state index >= 15 is 4.79 Å². The number of rotatable bonds is 9. The summed E-state index contributed by atoms with van der Waals surface area (Å²) < 4.78 is -1.20. The van der Waals surface area contributed by atoms with Crippen LogP contribution in [0.25, 0.3) is 10.9 Å². The van der Waals surface area contributed by atoms with Gasteiger partial charge in [-0.05, 0) is 61.9 Å². The van der Waals surface area contributed by atoms with E-state index < -0.39 is 10.8 Å². The molecule has 2 saturated heterocycles. The molecule has 12 heteroatoms. The minimum Gasteiger partial charge on any atom is -0.361 e. The number of aryl methyl sites for hydroxylation is 1. The molecule has 2 atom stereocenters. The van der Waals surface area contributed by atoms with Gasteiger partial charge in [-0.3, -0.25) is 9.59 Å². The van der Waals surface area contributed by atoms with Crippen molar-refractivity contribution in [2.75, 3.05) is 39.3 Å². The van der Waals surface area contributed by atoms with E-state index in [-0.39, 0.29) is 24.3 Å². The summed E-state index contributed by atoms with van der Waals surface area (Å²) >= 11 is 14.0. The smallest absolute Gasteiger partial charge is 0.317 e. The highest BCUT2D eigenvalue weighted by Gasteiger charge is 2.59. The molecule has 0 unspecified atom stereocenters. The minimum atomic E-state index is -1.20. The van der Waals surface area contributed by atoms with Crippen LogP contribution < -0.4 is 11.1 Å². The number of aromatic amines is 1. The Hall–Kier alpha value is -3.70. The normalized spacial score (nSPS) is 19.9. The lowest BCUT2D eigenvalue weighted by Crippen LogP contribution is -2.58. The van der Waals surface area contributed by atoms with Crippen molar-refractivity contribution in [1.82, 2.24) is 25.0 Å². The maximum Gasteiger partial charge on any atom is 0.317 e. The molecule has 0 spiro atoms. The fourth-order valence-electron chi connectivity index (χ4n) is 6.48. The molecule has 246 valence electrons. The molecule has 0 aliphatic carbocycles. The van der Waals surface area contributed by atoms with Gasteiger partial charge in [0.25, 0.3) is 0 Å². The molecule has 6 rings (SSSR count). The molecule has 47 heavy (non-hydrogen) atoms. The monoisotopic (exact) mass is 692 g/mol. The predicted molar refractivity (Wildman–Crippen MR) is 188 cm³/mol. The number of nitrogens with two attached hydrogens (primary N) is 1. The van der Waals surface area contributed by atoms with E-state index in [2.05, 4.69) is 10.3 Å². The number of piperazine rings is 1. The molecule has 3 aromatic carbocycles. The van der Waals surface area contributed by atoms with Gasteiger partial charge in [0, 0.05) is 76.9 Å². The Morgan fingerprint density at radius 1 is 0.979 bits per heavy atom. The maximum absolute atomic E-state index is 15.1. The highest BCUT2D eigenvalue weighted by atomic mass is 35.5. The van der Waals surface area contributed by atoms with E-state index in [1.54, 1.807) is 4.90 Å². The Kier molecular flexibility index (Phi) is 10.0. The molecule has 0 saturated carbocycles. The molecule has 2 aliphatic rings. The third-order valence-corrected chi connectivity index (χ3v) is 10.8. The Labute approximate surface area is 288 Å². The summed E-state index contributed by atoms with van der Waals surface area (Å²) in [5.74, 6) is -0.231. The number of nitrogens with zero attached hydrogens (tertiary/aromatic N) is 3. The minimum absolute atomic E-state index is 0.0166. The van der Waals surface area contributed by atoms with E-state index in [1.807, 2.05) is 89.7 Å². The third kappa shape index (κ3) is 6.97. The van der Waals surface area contributed by atoms with E-state index in [9.17, 15) is 9.59 Å². The Morgan fingerprint density at radius 3 is 2.36 bits per heavy atom. The SMILES string of the molecule is Cc1ccc(S[C@@]2(C(=O)N3CCN(C(=O)NCCCN)CC3)CC(=O)N(Cc3ccc(Cl)cc3)[C@H]2c2c[nH]c3cc(Cl)ccc23)cc1. The fraction of sp³-hybridized carbons (Fsp3) is 0.343. The summed E-state index contributed by atoms with van der Waals surface area (Å²) in [6, 6.07) is 20.4. The van der Waals surface area contributed by atoms with Gasteiger partial charge in [0.15, 0.2) is 0 Å². The van der Waals surface area contributed by atoms with Gasteiger partial charge in [-0.15, -0.1) is 11.8 Å². The number of carbonyl (C=O) groups excluding carboxylic acids is 3. The number of fused-ring (bicyclic) bond motifs is 1. The van der Waals surface area contributed by atoms with Crippen molar-refractivity contribution in [2.45, 2.75) is 42.0 Å². The van der Waals surface area contributed by atoms with Crippen molar-refractivity contribution >= 4 is 63.7 Å². The molecule has 0 bridgehead atoms. The summed E-state index contributed by atoms with van der Waals surface area (Å²) in [7, 11) is 0. The summed E-state index contributed by atoms with van der Waals surface area (Å²) in [5, 5.41) is 5.01. The second-order valence-corrected chi connectivity index (χ2v) is 14.4. The lowest BCUT2D eigenvalue weighted by molar-refractivity contribution is -0.136. The number of H-pyrrole nitrogens is 1. The molecule has 3 heterocycles. The van der Waals surface area contributed by atoms with Gasteiger partial charge in [-0.1, -0.05) is 59.1 Å². The largest absolute Gasteiger partial charge is 0.361 e. The number of hydrogen-bond acceptors (Lipinski definition) is 5. The first kappa shape index (κ1) is 33.2. The Balaban J connectivity index is 1.41. The van der Waals surface area contributed by atoms with E-state index in [4.69, 9.17) is 28.9 Å². The predicted octanol–water partition coefficient (Wildman–Crippen LogP) is 5.99. The first-order valence-corrected chi connectivity index (χ1v) is 17.3. The van der Waals surface area contributed by atoms with Gasteiger partial charge < -0.3 is 30.7 Å². The highest BCUT2D eigenvalue weighted by Crippen LogP contribution is 2.55. The zero-order chi connectivity index (χ0) is 33.1. The van der Waals surface area contributed by atoms with E-state index in [0.29, 0.717) is 62.3 Å². The molecule has 9 nitrogen and oxygen atoms in total. The van der Waals surface area contributed by atoms with Gasteiger partial charge in [-0.2, -0.15) is 0 Å². The maximum atomic E-state index is 15.1. The number of nitrogens with one attached hydrogen (secondary N) is 2. The molecular formula is C35H38Cl2N6O3S. The van der Waals surface area contributed by atoms with Gasteiger partial charge in [0.1, 0.15) is 4.75 Å². The standard InChI is InChI=1S/C35H38Cl2N6O3S/c1-23-3-10-27(11-4-23)47-35(33(45)41-15-17-42(18-16-41)34(46)39-14-2-13-38)20-31(44)43(22-24-5-7-25(36)8-6-24)32(35)29-21-40-30-19-26(37)9-12-28(29)30/h3-12,19,21,32,40H,2,13-18,20,22,38H2,1H3,(H,39,46)/t32-,35-/m0/s1. The number of likely N-dealkylation sites (tertiary alicyclic amines) is 1. The molecule has 0 radical (unpaired) electrons. The van der Waals surface area contributed by atoms with Crippen LogP contribution in [0.4, 0.5) is 4.79 Å². The quantitative estimate of drug-likeness (QED) is 0.187. The van der Waals surface area contributed by atoms with Crippen molar-refractivity contribution < 1.29 is 14.4 Å². The van der Waals surface area contributed by atoms with Crippen molar-refractivity contribution in [2.24, 2.45) is 5.73 Å². The van der Waals surface area contributed by atoms with Crippen molar-refractivity contribution in [3.8, 4) is 0 Å². The van der Waals surface area contributed by atoms with Crippen LogP contribution in [0.1, 0.15) is 35.6 Å². The number of urea groups is 1. The van der Waals surface area contributed by atoms with Crippen molar-refractivity contribution in [1.29, 1.82) is 0 Å². The third-order valence-electron chi connectivity index (χ3n) is 8.92. The molecule has 1 aromatic heterocycles. The number of thioether (sulfide) groups is 1. The van der Waals surface area contributed by atoms with Gasteiger partial charge in [0.05, 0.1) is 12.5 Å². The summed E-state index contributed by atoms with van der Waals surface area (Å²) in [4.78, 5) is 51.8. The fourth-order valence-corrected chi connectivity index (χ4v) is 8.25. The van der Waals surface area contributed by atoms with Crippen LogP contribution in [0.2, 0.25) is 10.0 Å². The topological polar surface area (TPSA) is 115 Å². The average molecular weight is 694 g/mol. The summed E-state index contributed by atoms with van der Waals surface area (Å²) in [5.41, 5.74) is 9.27. The van der Waals surface area contributed by atoms with Crippen LogP contribution >= 0.6 is 35.0 Å². The van der Waals surface area contributed by atoms with Gasteiger partial charge in [0.2, 0.25) is 11.8 Å². The van der Waals surface area contributed by atoms with E-state index in [0.717, 1.165) is 32.5 Å². The molecule has 4 N–H and O–H groups in total. The summed E-state index contributed by atoms with van der Waals surface area (Å²) in [6.07, 6.45) is 2.62. The van der Waals surface area contributed by atoms with Crippen LogP contribution in [0, 0.1) is 6.92 Å². The van der Waals surface area contributed by atoms with E-state index in [1.165, 1.54) is 11.8 Å². The molecule has 4 amide bonds. The van der Waals surface area contributed by atoms with Crippen LogP contribution in [0.3, 0.4) is 0 Å². The van der Waals surface area contributed by atoms with Crippen molar-refractivity contribution in [3.63, 3.8) is 0 Å². The van der Waals surface area contributed by atoms with Crippen LogP contribution in [0.15, 0.2) is 77.8 Å². The average Bonchev–Trinajstić information content (AvgIpc) is 3.60. The number of aromatic nitrogens is 1. The van der Waals surface area contributed by atoms with Crippen LogP contribution in [-0.2, 0) is 16.1 Å². The summed E-state index contributed by atoms with van der Waals surface area (Å²) in [6.45, 7) is 4.85. The second-order valence-electron chi connectivity index (χ2n) is 12.1. The molecular weight excluding hydrogens is 655 g/mol. The number of halogens is 2. The number of amides is 4. The number of benzene rings is 3. The number of hydrogen-bond donors (Lipinski definition) is 3. The lowest BCUT2D eigenvalue weighted by Gasteiger charge is -2.42. The first-order valence-electron chi connectivity index (χ1n) is 15.8. The zero-order valence-corrected chi connectivity index (χ0v) is 28.5. The van der Waals surface area contributed by atoms with Crippen molar-refractivity contribution in [3.05, 3.63) is 99.7 Å². The lowest BCUT2D eigenvalue weighted by atomic mass is 9.90. The molecule has 2 aliphatic heterocycles. The molecule has 4 aromatic rings. The Bertz CT molecular complexity index is 1760. The molecule has 2 fully saturated rings. The second kappa shape index (κ2) is 14.2. The first-order chi connectivity index (χ1) is 22.7. The van der Waals surface area contributed by atoms with Gasteiger partial charge in [-0.25, -0.2) is 4.79 Å². The van der Waals surface area contributed by atoms with Crippen LogP contribution in [0.5, 0.6) is 0 Å². The zero-order valence-electron chi connectivity index (χ0n) is 26.2. The van der Waals surface area contributed by atoms with Crippen LogP contribution in [-0.4, -0.2) is 81.5 Å².